The van der Waals surface area contributed by atoms with Gasteiger partial charge in [0.25, 0.3) is 0 Å². The van der Waals surface area contributed by atoms with Crippen LogP contribution in [0.1, 0.15) is 24.5 Å². The summed E-state index contributed by atoms with van der Waals surface area (Å²) in [6.45, 7) is 7.19. The van der Waals surface area contributed by atoms with E-state index in [1.807, 2.05) is 12.1 Å². The molecule has 0 saturated carbocycles. The first-order valence-corrected chi connectivity index (χ1v) is 6.49. The molecule has 0 heterocycles. The molecule has 0 unspecified atom stereocenters. The van der Waals surface area contributed by atoms with Crippen LogP contribution in [0.4, 0.5) is 5.69 Å². The van der Waals surface area contributed by atoms with Gasteiger partial charge in [-0.15, -0.1) is 0 Å². The molecular formula is C15H23N3. The Hall–Kier alpha value is -1.53. The summed E-state index contributed by atoms with van der Waals surface area (Å²) in [6.07, 6.45) is 1.09. The van der Waals surface area contributed by atoms with Crippen molar-refractivity contribution >= 4 is 5.69 Å². The molecule has 0 radical (unpaired) electrons. The van der Waals surface area contributed by atoms with Crippen LogP contribution in [-0.2, 0) is 0 Å². The lowest BCUT2D eigenvalue weighted by molar-refractivity contribution is 0.413. The Labute approximate surface area is 111 Å². The van der Waals surface area contributed by atoms with Gasteiger partial charge in [0.1, 0.15) is 6.07 Å². The zero-order valence-electron chi connectivity index (χ0n) is 11.9. The maximum atomic E-state index is 9.22. The first-order valence-electron chi connectivity index (χ1n) is 6.49. The smallest absolute Gasteiger partial charge is 0.101 e. The van der Waals surface area contributed by atoms with Crippen molar-refractivity contribution in [2.75, 3.05) is 38.6 Å². The summed E-state index contributed by atoms with van der Waals surface area (Å²) in [5.74, 6) is 0. The number of rotatable bonds is 6. The maximum absolute atomic E-state index is 9.22. The van der Waals surface area contributed by atoms with Crippen LogP contribution in [0.15, 0.2) is 18.2 Å². The topological polar surface area (TPSA) is 30.3 Å². The second-order valence-electron chi connectivity index (χ2n) is 4.92. The Balaban J connectivity index is 2.97. The number of benzene rings is 1. The molecule has 0 bridgehead atoms. The molecule has 0 amide bonds. The Morgan fingerprint density at radius 1 is 1.17 bits per heavy atom. The predicted octanol–water partition coefficient (Wildman–Crippen LogP) is 2.64. The lowest BCUT2D eigenvalue weighted by atomic mass is 10.1. The van der Waals surface area contributed by atoms with E-state index in [1.54, 1.807) is 0 Å². The van der Waals surface area contributed by atoms with Crippen molar-refractivity contribution in [3.8, 4) is 6.07 Å². The molecule has 98 valence electrons. The monoisotopic (exact) mass is 245 g/mol. The van der Waals surface area contributed by atoms with Crippen LogP contribution < -0.4 is 4.90 Å². The van der Waals surface area contributed by atoms with Crippen LogP contribution in [0.2, 0.25) is 0 Å². The zero-order chi connectivity index (χ0) is 13.5. The Morgan fingerprint density at radius 3 is 2.44 bits per heavy atom. The lowest BCUT2D eigenvalue weighted by Gasteiger charge is -2.27. The summed E-state index contributed by atoms with van der Waals surface area (Å²) in [5.41, 5.74) is 3.05. The van der Waals surface area contributed by atoms with Gasteiger partial charge in [0.15, 0.2) is 0 Å². The molecule has 3 nitrogen and oxygen atoms in total. The molecule has 0 aromatic heterocycles. The van der Waals surface area contributed by atoms with Crippen molar-refractivity contribution in [1.82, 2.24) is 4.90 Å². The van der Waals surface area contributed by atoms with Gasteiger partial charge in [0.2, 0.25) is 0 Å². The molecule has 3 heteroatoms. The van der Waals surface area contributed by atoms with Crippen molar-refractivity contribution in [2.24, 2.45) is 0 Å². The van der Waals surface area contributed by atoms with Gasteiger partial charge in [-0.2, -0.15) is 5.26 Å². The van der Waals surface area contributed by atoms with E-state index < -0.39 is 0 Å². The van der Waals surface area contributed by atoms with Crippen LogP contribution in [-0.4, -0.2) is 38.6 Å². The van der Waals surface area contributed by atoms with Gasteiger partial charge in [0.05, 0.1) is 11.3 Å². The third-order valence-electron chi connectivity index (χ3n) is 2.93. The Bertz CT molecular complexity index is 418. The quantitative estimate of drug-likeness (QED) is 0.772. The highest BCUT2D eigenvalue weighted by molar-refractivity contribution is 5.60. The van der Waals surface area contributed by atoms with E-state index in [-0.39, 0.29) is 0 Å². The molecule has 1 aromatic rings. The molecule has 1 aromatic carbocycles. The molecule has 0 atom stereocenters. The van der Waals surface area contributed by atoms with Crippen LogP contribution >= 0.6 is 0 Å². The van der Waals surface area contributed by atoms with Gasteiger partial charge in [-0.3, -0.25) is 0 Å². The van der Waals surface area contributed by atoms with E-state index in [1.165, 1.54) is 5.56 Å². The molecule has 0 saturated heterocycles. The van der Waals surface area contributed by atoms with E-state index in [4.69, 9.17) is 0 Å². The van der Waals surface area contributed by atoms with Gasteiger partial charge >= 0.3 is 0 Å². The summed E-state index contributed by atoms with van der Waals surface area (Å²) in [4.78, 5) is 4.48. The minimum atomic E-state index is 0.771. The number of nitriles is 1. The highest BCUT2D eigenvalue weighted by atomic mass is 15.2. The number of nitrogens with zero attached hydrogens (tertiary/aromatic N) is 3. The Kier molecular flexibility index (Phi) is 5.67. The molecule has 0 fully saturated rings. The standard InChI is InChI=1S/C15H23N3/c1-5-8-18(10-9-17(3)4)15-11-13(2)6-7-14(15)12-16/h6-7,11H,5,8-10H2,1-4H3. The van der Waals surface area contributed by atoms with Crippen LogP contribution in [0.25, 0.3) is 0 Å². The molecular weight excluding hydrogens is 222 g/mol. The summed E-state index contributed by atoms with van der Waals surface area (Å²) in [6, 6.07) is 8.33. The molecule has 0 N–H and O–H groups in total. The molecule has 0 aliphatic heterocycles. The van der Waals surface area contributed by atoms with E-state index >= 15 is 0 Å². The number of aryl methyl sites for hydroxylation is 1. The highest BCUT2D eigenvalue weighted by Gasteiger charge is 2.11. The first kappa shape index (κ1) is 14.5. The van der Waals surface area contributed by atoms with E-state index in [2.05, 4.69) is 49.9 Å². The van der Waals surface area contributed by atoms with Gasteiger partial charge < -0.3 is 9.80 Å². The SMILES string of the molecule is CCCN(CCN(C)C)c1cc(C)ccc1C#N. The van der Waals surface area contributed by atoms with E-state index in [0.29, 0.717) is 0 Å². The summed E-state index contributed by atoms with van der Waals surface area (Å²) >= 11 is 0. The minimum Gasteiger partial charge on any atom is -0.369 e. The van der Waals surface area contributed by atoms with Crippen LogP contribution in [0.3, 0.4) is 0 Å². The van der Waals surface area contributed by atoms with Crippen molar-refractivity contribution in [1.29, 1.82) is 5.26 Å². The molecule has 0 aliphatic rings. The highest BCUT2D eigenvalue weighted by Crippen LogP contribution is 2.21. The van der Waals surface area contributed by atoms with Crippen molar-refractivity contribution in [3.63, 3.8) is 0 Å². The van der Waals surface area contributed by atoms with Gasteiger partial charge in [-0.05, 0) is 45.1 Å². The number of likely N-dealkylation sites (N-methyl/N-ethyl adjacent to an activating group) is 1. The average Bonchev–Trinajstić information content (AvgIpc) is 2.34. The Morgan fingerprint density at radius 2 is 1.89 bits per heavy atom. The van der Waals surface area contributed by atoms with Crippen molar-refractivity contribution in [2.45, 2.75) is 20.3 Å². The summed E-state index contributed by atoms with van der Waals surface area (Å²) in [7, 11) is 4.15. The first-order chi connectivity index (χ1) is 8.58. The zero-order valence-corrected chi connectivity index (χ0v) is 11.9. The van der Waals surface area contributed by atoms with Gasteiger partial charge in [-0.1, -0.05) is 13.0 Å². The second-order valence-corrected chi connectivity index (χ2v) is 4.92. The second kappa shape index (κ2) is 7.03. The van der Waals surface area contributed by atoms with Gasteiger partial charge in [0, 0.05) is 19.6 Å². The average molecular weight is 245 g/mol. The van der Waals surface area contributed by atoms with Crippen molar-refractivity contribution in [3.05, 3.63) is 29.3 Å². The minimum absolute atomic E-state index is 0.771. The lowest BCUT2D eigenvalue weighted by Crippen LogP contribution is -2.32. The van der Waals surface area contributed by atoms with E-state index in [9.17, 15) is 5.26 Å². The fourth-order valence-electron chi connectivity index (χ4n) is 1.94. The predicted molar refractivity (Wildman–Crippen MR) is 77.0 cm³/mol. The fourth-order valence-corrected chi connectivity index (χ4v) is 1.94. The largest absolute Gasteiger partial charge is 0.369 e. The third-order valence-corrected chi connectivity index (χ3v) is 2.93. The number of anilines is 1. The molecule has 1 rings (SSSR count). The summed E-state index contributed by atoms with van der Waals surface area (Å²) < 4.78 is 0. The number of hydrogen-bond acceptors (Lipinski definition) is 3. The van der Waals surface area contributed by atoms with Crippen LogP contribution in [0, 0.1) is 18.3 Å². The molecule has 0 aliphatic carbocycles. The molecule has 0 spiro atoms. The number of hydrogen-bond donors (Lipinski definition) is 0. The third kappa shape index (κ3) is 4.05. The van der Waals surface area contributed by atoms with Gasteiger partial charge in [-0.25, -0.2) is 0 Å². The summed E-state index contributed by atoms with van der Waals surface area (Å²) in [5, 5.41) is 9.22. The molecule has 18 heavy (non-hydrogen) atoms. The normalized spacial score (nSPS) is 10.4. The van der Waals surface area contributed by atoms with Crippen LogP contribution in [0.5, 0.6) is 0 Å². The van der Waals surface area contributed by atoms with Crippen molar-refractivity contribution < 1.29 is 0 Å². The maximum Gasteiger partial charge on any atom is 0.101 e. The van der Waals surface area contributed by atoms with E-state index in [0.717, 1.165) is 37.3 Å². The fraction of sp³-hybridized carbons (Fsp3) is 0.533.